The van der Waals surface area contributed by atoms with Gasteiger partial charge in [-0.05, 0) is 30.7 Å². The molecule has 1 rings (SSSR count). The molecule has 0 aliphatic rings. The number of hydrogen-bond acceptors (Lipinski definition) is 2. The standard InChI is InChI=1S/C9H9F3S2/c1-13-7-3-6(9(10,11)12)4-8(5-7)14-2/h3-5H,1-2H3. The van der Waals surface area contributed by atoms with Crippen molar-refractivity contribution in [1.82, 2.24) is 0 Å². The van der Waals surface area contributed by atoms with E-state index in [2.05, 4.69) is 0 Å². The fourth-order valence-corrected chi connectivity index (χ4v) is 2.02. The first kappa shape index (κ1) is 11.8. The minimum atomic E-state index is -4.25. The molecule has 0 bridgehead atoms. The molecule has 0 radical (unpaired) electrons. The number of thioether (sulfide) groups is 2. The highest BCUT2D eigenvalue weighted by Crippen LogP contribution is 2.34. The summed E-state index contributed by atoms with van der Waals surface area (Å²) in [5, 5.41) is 0. The van der Waals surface area contributed by atoms with Crippen LogP contribution in [-0.4, -0.2) is 12.5 Å². The predicted octanol–water partition coefficient (Wildman–Crippen LogP) is 4.15. The Kier molecular flexibility index (Phi) is 3.78. The zero-order chi connectivity index (χ0) is 10.8. The minimum absolute atomic E-state index is 0.575. The van der Waals surface area contributed by atoms with Crippen LogP contribution in [0.4, 0.5) is 13.2 Å². The largest absolute Gasteiger partial charge is 0.416 e. The first-order chi connectivity index (χ1) is 6.47. The molecular formula is C9H9F3S2. The van der Waals surface area contributed by atoms with Gasteiger partial charge in [0.1, 0.15) is 0 Å². The van der Waals surface area contributed by atoms with Crippen molar-refractivity contribution < 1.29 is 13.2 Å². The lowest BCUT2D eigenvalue weighted by Gasteiger charge is -2.09. The van der Waals surface area contributed by atoms with Crippen LogP contribution in [0.1, 0.15) is 5.56 Å². The number of hydrogen-bond donors (Lipinski definition) is 0. The van der Waals surface area contributed by atoms with Crippen LogP contribution in [0, 0.1) is 0 Å². The normalized spacial score (nSPS) is 11.8. The molecule has 14 heavy (non-hydrogen) atoms. The summed E-state index contributed by atoms with van der Waals surface area (Å²) in [7, 11) is 0. The molecular weight excluding hydrogens is 229 g/mol. The summed E-state index contributed by atoms with van der Waals surface area (Å²) in [6.07, 6.45) is -0.727. The average molecular weight is 238 g/mol. The van der Waals surface area contributed by atoms with Gasteiger partial charge in [-0.25, -0.2) is 0 Å². The molecule has 0 atom stereocenters. The topological polar surface area (TPSA) is 0 Å². The number of halogens is 3. The van der Waals surface area contributed by atoms with Gasteiger partial charge < -0.3 is 0 Å². The van der Waals surface area contributed by atoms with E-state index in [1.165, 1.54) is 35.7 Å². The second-order valence-corrected chi connectivity index (χ2v) is 4.36. The Hall–Kier alpha value is -0.290. The molecule has 0 amide bonds. The van der Waals surface area contributed by atoms with Crippen LogP contribution in [-0.2, 0) is 6.18 Å². The maximum Gasteiger partial charge on any atom is 0.416 e. The van der Waals surface area contributed by atoms with Gasteiger partial charge in [0, 0.05) is 9.79 Å². The van der Waals surface area contributed by atoms with Crippen molar-refractivity contribution in [2.45, 2.75) is 16.0 Å². The van der Waals surface area contributed by atoms with Crippen LogP contribution in [0.15, 0.2) is 28.0 Å². The van der Waals surface area contributed by atoms with E-state index in [1.807, 2.05) is 0 Å². The molecule has 0 aliphatic heterocycles. The third kappa shape index (κ3) is 2.85. The highest BCUT2D eigenvalue weighted by Gasteiger charge is 2.31. The zero-order valence-electron chi connectivity index (χ0n) is 7.68. The van der Waals surface area contributed by atoms with Crippen LogP contribution < -0.4 is 0 Å². The molecule has 0 nitrogen and oxygen atoms in total. The van der Waals surface area contributed by atoms with Crippen LogP contribution >= 0.6 is 23.5 Å². The van der Waals surface area contributed by atoms with E-state index in [1.54, 1.807) is 18.6 Å². The van der Waals surface area contributed by atoms with Gasteiger partial charge in [-0.15, -0.1) is 23.5 Å². The van der Waals surface area contributed by atoms with E-state index in [0.29, 0.717) is 9.79 Å². The first-order valence-corrected chi connectivity index (χ1v) is 6.22. The fraction of sp³-hybridized carbons (Fsp3) is 0.333. The molecule has 0 aliphatic carbocycles. The van der Waals surface area contributed by atoms with Crippen LogP contribution in [0.5, 0.6) is 0 Å². The molecule has 1 aromatic carbocycles. The van der Waals surface area contributed by atoms with Gasteiger partial charge in [-0.2, -0.15) is 13.2 Å². The lowest BCUT2D eigenvalue weighted by atomic mass is 10.2. The van der Waals surface area contributed by atoms with Gasteiger partial charge >= 0.3 is 6.18 Å². The van der Waals surface area contributed by atoms with Crippen molar-refractivity contribution in [3.8, 4) is 0 Å². The second kappa shape index (κ2) is 4.49. The van der Waals surface area contributed by atoms with Crippen molar-refractivity contribution in [3.63, 3.8) is 0 Å². The van der Waals surface area contributed by atoms with E-state index in [4.69, 9.17) is 0 Å². The highest BCUT2D eigenvalue weighted by molar-refractivity contribution is 7.99. The summed E-state index contributed by atoms with van der Waals surface area (Å²) in [5.41, 5.74) is -0.575. The van der Waals surface area contributed by atoms with Gasteiger partial charge in [0.25, 0.3) is 0 Å². The first-order valence-electron chi connectivity index (χ1n) is 3.77. The van der Waals surface area contributed by atoms with Crippen molar-refractivity contribution in [1.29, 1.82) is 0 Å². The molecule has 0 spiro atoms. The van der Waals surface area contributed by atoms with Gasteiger partial charge in [-0.3, -0.25) is 0 Å². The number of alkyl halides is 3. The molecule has 0 fully saturated rings. The molecule has 1 aromatic rings. The smallest absolute Gasteiger partial charge is 0.166 e. The molecule has 0 aromatic heterocycles. The predicted molar refractivity (Wildman–Crippen MR) is 55.0 cm³/mol. The summed E-state index contributed by atoms with van der Waals surface area (Å²) in [6, 6.07) is 4.10. The third-order valence-corrected chi connectivity index (χ3v) is 3.09. The Labute approximate surface area is 89.3 Å². The van der Waals surface area contributed by atoms with Crippen LogP contribution in [0.2, 0.25) is 0 Å². The summed E-state index contributed by atoms with van der Waals surface area (Å²) in [5.74, 6) is 0. The molecule has 0 saturated heterocycles. The Bertz CT molecular complexity index is 298. The maximum atomic E-state index is 12.4. The lowest BCUT2D eigenvalue weighted by molar-refractivity contribution is -0.137. The average Bonchev–Trinajstić information content (AvgIpc) is 2.15. The Morgan fingerprint density at radius 1 is 0.929 bits per heavy atom. The van der Waals surface area contributed by atoms with E-state index in [-0.39, 0.29) is 0 Å². The minimum Gasteiger partial charge on any atom is -0.166 e. The van der Waals surface area contributed by atoms with E-state index < -0.39 is 11.7 Å². The molecule has 0 N–H and O–H groups in total. The van der Waals surface area contributed by atoms with E-state index >= 15 is 0 Å². The van der Waals surface area contributed by atoms with Crippen molar-refractivity contribution in [2.75, 3.05) is 12.5 Å². The SMILES string of the molecule is CSc1cc(SC)cc(C(F)(F)F)c1. The maximum absolute atomic E-state index is 12.4. The van der Waals surface area contributed by atoms with Gasteiger partial charge in [0.15, 0.2) is 0 Å². The number of benzene rings is 1. The third-order valence-electron chi connectivity index (χ3n) is 1.68. The summed E-state index contributed by atoms with van der Waals surface area (Å²) >= 11 is 2.63. The quantitative estimate of drug-likeness (QED) is 0.710. The van der Waals surface area contributed by atoms with Gasteiger partial charge in [0.05, 0.1) is 5.56 Å². The number of rotatable bonds is 2. The summed E-state index contributed by atoms with van der Waals surface area (Å²) < 4.78 is 37.2. The highest BCUT2D eigenvalue weighted by atomic mass is 32.2. The molecule has 78 valence electrons. The Morgan fingerprint density at radius 3 is 1.64 bits per heavy atom. The fourth-order valence-electron chi connectivity index (χ4n) is 0.971. The van der Waals surface area contributed by atoms with Crippen molar-refractivity contribution in [2.24, 2.45) is 0 Å². The monoisotopic (exact) mass is 238 g/mol. The van der Waals surface area contributed by atoms with Crippen molar-refractivity contribution in [3.05, 3.63) is 23.8 Å². The Morgan fingerprint density at radius 2 is 1.36 bits per heavy atom. The van der Waals surface area contributed by atoms with Gasteiger partial charge in [-0.1, -0.05) is 0 Å². The molecule has 0 heterocycles. The van der Waals surface area contributed by atoms with Crippen LogP contribution in [0.3, 0.4) is 0 Å². The molecule has 0 unspecified atom stereocenters. The summed E-state index contributed by atoms with van der Waals surface area (Å²) in [4.78, 5) is 1.29. The Balaban J connectivity index is 3.17. The van der Waals surface area contributed by atoms with E-state index in [0.717, 1.165) is 0 Å². The van der Waals surface area contributed by atoms with Crippen LogP contribution in [0.25, 0.3) is 0 Å². The molecule has 0 saturated carbocycles. The van der Waals surface area contributed by atoms with Gasteiger partial charge in [0.2, 0.25) is 0 Å². The zero-order valence-corrected chi connectivity index (χ0v) is 9.32. The molecule has 5 heteroatoms. The second-order valence-electron chi connectivity index (χ2n) is 2.60. The van der Waals surface area contributed by atoms with Crippen molar-refractivity contribution >= 4 is 23.5 Å². The lowest BCUT2D eigenvalue weighted by Crippen LogP contribution is -2.04. The van der Waals surface area contributed by atoms with E-state index in [9.17, 15) is 13.2 Å². The summed E-state index contributed by atoms with van der Waals surface area (Å²) in [6.45, 7) is 0.